The Morgan fingerprint density at radius 2 is 1.90 bits per heavy atom. The number of rotatable bonds is 7. The molecule has 4 aromatic rings. The van der Waals surface area contributed by atoms with Crippen LogP contribution in [-0.2, 0) is 19.4 Å². The van der Waals surface area contributed by atoms with Crippen LogP contribution in [0.4, 0.5) is 5.13 Å². The first kappa shape index (κ1) is 19.4. The van der Waals surface area contributed by atoms with Crippen LogP contribution in [-0.4, -0.2) is 20.4 Å². The lowest BCUT2D eigenvalue weighted by Gasteiger charge is -2.08. The molecule has 3 aromatic heterocycles. The number of hydrogen-bond acceptors (Lipinski definition) is 4. The highest BCUT2D eigenvalue weighted by Crippen LogP contribution is 2.21. The number of carbonyl (C=O) groups excluding carboxylic acids is 1. The smallest absolute Gasteiger partial charge is 0.274 e. The van der Waals surface area contributed by atoms with Gasteiger partial charge in [-0.05, 0) is 54.3 Å². The zero-order chi connectivity index (χ0) is 20.1. The summed E-state index contributed by atoms with van der Waals surface area (Å²) in [6, 6.07) is 15.4. The summed E-state index contributed by atoms with van der Waals surface area (Å²) in [5.74, 6) is -0.170. The van der Waals surface area contributed by atoms with Gasteiger partial charge < -0.3 is 4.57 Å². The van der Waals surface area contributed by atoms with Crippen LogP contribution in [0.5, 0.6) is 0 Å². The SMILES string of the molecule is O=C(Nc1nc(CCc2ccccc2Cl)cs1)c1cccn1Cc1ccncc1. The molecule has 0 atom stereocenters. The van der Waals surface area contributed by atoms with Crippen molar-refractivity contribution in [2.75, 3.05) is 5.32 Å². The van der Waals surface area contributed by atoms with Crippen LogP contribution in [0, 0.1) is 0 Å². The van der Waals surface area contributed by atoms with Gasteiger partial charge in [0, 0.05) is 35.5 Å². The Morgan fingerprint density at radius 3 is 2.72 bits per heavy atom. The summed E-state index contributed by atoms with van der Waals surface area (Å²) >= 11 is 7.64. The average molecular weight is 423 g/mol. The lowest BCUT2D eigenvalue weighted by molar-refractivity contribution is 0.101. The molecule has 7 heteroatoms. The molecule has 1 N–H and O–H groups in total. The number of pyridine rings is 1. The van der Waals surface area contributed by atoms with Gasteiger partial charge in [0.1, 0.15) is 5.69 Å². The van der Waals surface area contributed by atoms with Gasteiger partial charge in [-0.3, -0.25) is 15.1 Å². The van der Waals surface area contributed by atoms with Gasteiger partial charge in [-0.25, -0.2) is 4.98 Å². The summed E-state index contributed by atoms with van der Waals surface area (Å²) in [5, 5.41) is 6.25. The Hall–Kier alpha value is -2.96. The third-order valence-electron chi connectivity index (χ3n) is 4.54. The monoisotopic (exact) mass is 422 g/mol. The normalized spacial score (nSPS) is 10.8. The molecule has 0 saturated carbocycles. The second kappa shape index (κ2) is 9.03. The predicted octanol–water partition coefficient (Wildman–Crippen LogP) is 5.08. The van der Waals surface area contributed by atoms with Crippen molar-refractivity contribution in [3.05, 3.63) is 100 Å². The van der Waals surface area contributed by atoms with Crippen molar-refractivity contribution in [2.45, 2.75) is 19.4 Å². The molecule has 1 aromatic carbocycles. The molecule has 0 aliphatic carbocycles. The third kappa shape index (κ3) is 4.91. The molecular weight excluding hydrogens is 404 g/mol. The predicted molar refractivity (Wildman–Crippen MR) is 117 cm³/mol. The number of aryl methyl sites for hydroxylation is 2. The van der Waals surface area contributed by atoms with E-state index in [1.807, 2.05) is 64.7 Å². The van der Waals surface area contributed by atoms with E-state index < -0.39 is 0 Å². The lowest BCUT2D eigenvalue weighted by Crippen LogP contribution is -2.17. The van der Waals surface area contributed by atoms with E-state index in [0.717, 1.165) is 34.7 Å². The molecule has 146 valence electrons. The minimum absolute atomic E-state index is 0.170. The number of nitrogens with zero attached hydrogens (tertiary/aromatic N) is 3. The lowest BCUT2D eigenvalue weighted by atomic mass is 10.1. The summed E-state index contributed by atoms with van der Waals surface area (Å²) < 4.78 is 1.91. The molecular formula is C22H19ClN4OS. The van der Waals surface area contributed by atoms with Crippen LogP contribution in [0.25, 0.3) is 0 Å². The number of benzene rings is 1. The molecule has 3 heterocycles. The highest BCUT2D eigenvalue weighted by molar-refractivity contribution is 7.14. The highest BCUT2D eigenvalue weighted by atomic mass is 35.5. The maximum Gasteiger partial charge on any atom is 0.274 e. The molecule has 1 amide bonds. The van der Waals surface area contributed by atoms with Crippen molar-refractivity contribution in [3.8, 4) is 0 Å². The van der Waals surface area contributed by atoms with Gasteiger partial charge in [0.25, 0.3) is 5.91 Å². The van der Waals surface area contributed by atoms with Crippen LogP contribution in [0.15, 0.2) is 72.5 Å². The van der Waals surface area contributed by atoms with E-state index in [4.69, 9.17) is 11.6 Å². The summed E-state index contributed by atoms with van der Waals surface area (Å²) in [7, 11) is 0. The van der Waals surface area contributed by atoms with Gasteiger partial charge in [-0.15, -0.1) is 11.3 Å². The quantitative estimate of drug-likeness (QED) is 0.451. The van der Waals surface area contributed by atoms with Crippen molar-refractivity contribution in [1.29, 1.82) is 0 Å². The Morgan fingerprint density at radius 1 is 1.07 bits per heavy atom. The molecule has 0 saturated heterocycles. The highest BCUT2D eigenvalue weighted by Gasteiger charge is 2.13. The molecule has 5 nitrogen and oxygen atoms in total. The number of carbonyl (C=O) groups is 1. The fourth-order valence-electron chi connectivity index (χ4n) is 3.05. The van der Waals surface area contributed by atoms with E-state index in [1.54, 1.807) is 12.4 Å². The Kier molecular flexibility index (Phi) is 6.03. The number of halogens is 1. The van der Waals surface area contributed by atoms with E-state index in [-0.39, 0.29) is 5.91 Å². The largest absolute Gasteiger partial charge is 0.339 e. The second-order valence-corrected chi connectivity index (χ2v) is 7.83. The molecule has 4 rings (SSSR count). The van der Waals surface area contributed by atoms with Gasteiger partial charge >= 0.3 is 0 Å². The van der Waals surface area contributed by atoms with E-state index in [0.29, 0.717) is 17.4 Å². The minimum Gasteiger partial charge on any atom is -0.339 e. The van der Waals surface area contributed by atoms with Gasteiger partial charge in [0.15, 0.2) is 5.13 Å². The van der Waals surface area contributed by atoms with E-state index in [1.165, 1.54) is 11.3 Å². The number of hydrogen-bond donors (Lipinski definition) is 1. The van der Waals surface area contributed by atoms with E-state index in [9.17, 15) is 4.79 Å². The topological polar surface area (TPSA) is 59.8 Å². The van der Waals surface area contributed by atoms with Crippen LogP contribution in [0.3, 0.4) is 0 Å². The molecule has 0 radical (unpaired) electrons. The number of aromatic nitrogens is 3. The molecule has 0 spiro atoms. The van der Waals surface area contributed by atoms with Crippen LogP contribution < -0.4 is 5.32 Å². The number of anilines is 1. The molecule has 0 unspecified atom stereocenters. The zero-order valence-corrected chi connectivity index (χ0v) is 17.2. The minimum atomic E-state index is -0.170. The third-order valence-corrected chi connectivity index (χ3v) is 5.72. The molecule has 29 heavy (non-hydrogen) atoms. The molecule has 0 aliphatic rings. The number of amides is 1. The van der Waals surface area contributed by atoms with Gasteiger partial charge in [0.05, 0.1) is 5.69 Å². The molecule has 0 aliphatic heterocycles. The standard InChI is InChI=1S/C22H19ClN4OS/c23-19-5-2-1-4-17(19)7-8-18-15-29-22(25-18)26-21(28)20-6-3-13-27(20)14-16-9-11-24-12-10-16/h1-6,9-13,15H,7-8,14H2,(H,25,26,28). The van der Waals surface area contributed by atoms with Crippen molar-refractivity contribution in [1.82, 2.24) is 14.5 Å². The first-order valence-corrected chi connectivity index (χ1v) is 10.5. The van der Waals surface area contributed by atoms with Gasteiger partial charge in [0.2, 0.25) is 0 Å². The Bertz CT molecular complexity index is 1110. The fourth-order valence-corrected chi connectivity index (χ4v) is 4.02. The first-order valence-electron chi connectivity index (χ1n) is 9.22. The maximum atomic E-state index is 12.7. The first-order chi connectivity index (χ1) is 14.2. The Balaban J connectivity index is 1.39. The van der Waals surface area contributed by atoms with Crippen molar-refractivity contribution >= 4 is 34.0 Å². The number of thiazole rings is 1. The second-order valence-electron chi connectivity index (χ2n) is 6.57. The summed E-state index contributed by atoms with van der Waals surface area (Å²) in [4.78, 5) is 21.3. The van der Waals surface area contributed by atoms with Crippen molar-refractivity contribution in [2.24, 2.45) is 0 Å². The summed E-state index contributed by atoms with van der Waals surface area (Å²) in [6.45, 7) is 0.610. The van der Waals surface area contributed by atoms with E-state index >= 15 is 0 Å². The number of nitrogens with one attached hydrogen (secondary N) is 1. The van der Waals surface area contributed by atoms with Crippen molar-refractivity contribution in [3.63, 3.8) is 0 Å². The van der Waals surface area contributed by atoms with Gasteiger partial charge in [-0.2, -0.15) is 0 Å². The summed E-state index contributed by atoms with van der Waals surface area (Å²) in [5.41, 5.74) is 3.72. The van der Waals surface area contributed by atoms with E-state index in [2.05, 4.69) is 15.3 Å². The van der Waals surface area contributed by atoms with Crippen LogP contribution >= 0.6 is 22.9 Å². The van der Waals surface area contributed by atoms with Crippen LogP contribution in [0.2, 0.25) is 5.02 Å². The molecule has 0 fully saturated rings. The van der Waals surface area contributed by atoms with Crippen LogP contribution in [0.1, 0.15) is 27.3 Å². The maximum absolute atomic E-state index is 12.7. The van der Waals surface area contributed by atoms with Crippen molar-refractivity contribution < 1.29 is 4.79 Å². The molecule has 0 bridgehead atoms. The van der Waals surface area contributed by atoms with Gasteiger partial charge in [-0.1, -0.05) is 29.8 Å². The fraction of sp³-hybridized carbons (Fsp3) is 0.136. The Labute approximate surface area is 178 Å². The average Bonchev–Trinajstić information content (AvgIpc) is 3.37. The zero-order valence-electron chi connectivity index (χ0n) is 15.6. The summed E-state index contributed by atoms with van der Waals surface area (Å²) in [6.07, 6.45) is 6.98.